The van der Waals surface area contributed by atoms with Crippen molar-refractivity contribution in [2.75, 3.05) is 31.1 Å². The van der Waals surface area contributed by atoms with Crippen molar-refractivity contribution in [3.05, 3.63) is 30.3 Å². The predicted octanol–water partition coefficient (Wildman–Crippen LogP) is 2.42. The summed E-state index contributed by atoms with van der Waals surface area (Å²) in [6.45, 7) is 2.74. The van der Waals surface area contributed by atoms with Gasteiger partial charge in [-0.2, -0.15) is 13.2 Å². The van der Waals surface area contributed by atoms with Crippen molar-refractivity contribution in [2.24, 2.45) is 17.8 Å². The molecule has 0 aromatic heterocycles. The van der Waals surface area contributed by atoms with Gasteiger partial charge in [0.05, 0.1) is 17.4 Å². The Labute approximate surface area is 206 Å². The molecule has 4 N–H and O–H groups in total. The number of carbonyl (C=O) groups is 3. The van der Waals surface area contributed by atoms with Crippen LogP contribution in [0.4, 0.5) is 18.9 Å². The minimum absolute atomic E-state index is 0.0280. The summed E-state index contributed by atoms with van der Waals surface area (Å²) in [7, 11) is 0. The number of carboxylic acids is 1. The highest BCUT2D eigenvalue weighted by molar-refractivity contribution is 5.87. The third kappa shape index (κ3) is 7.33. The highest BCUT2D eigenvalue weighted by Gasteiger charge is 2.48. The van der Waals surface area contributed by atoms with E-state index >= 15 is 0 Å². The Balaban J connectivity index is 0.000000454. The van der Waals surface area contributed by atoms with Gasteiger partial charge in [0.2, 0.25) is 11.8 Å². The van der Waals surface area contributed by atoms with E-state index in [1.807, 2.05) is 23.1 Å². The Bertz CT molecular complexity index is 919. The van der Waals surface area contributed by atoms with Crippen LogP contribution in [0.25, 0.3) is 0 Å². The van der Waals surface area contributed by atoms with Crippen LogP contribution in [0.3, 0.4) is 0 Å². The molecule has 0 spiro atoms. The number of alkyl halides is 3. The lowest BCUT2D eigenvalue weighted by atomic mass is 9.69. The molecule has 0 radical (unpaired) electrons. The number of aliphatic hydroxyl groups is 1. The van der Waals surface area contributed by atoms with Gasteiger partial charge in [-0.25, -0.2) is 10.3 Å². The molecule has 0 bridgehead atoms. The molecule has 2 aliphatic carbocycles. The van der Waals surface area contributed by atoms with Gasteiger partial charge in [-0.15, -0.1) is 0 Å². The highest BCUT2D eigenvalue weighted by atomic mass is 19.4. The first kappa shape index (κ1) is 27.7. The Morgan fingerprint density at radius 3 is 2.08 bits per heavy atom. The smallest absolute Gasteiger partial charge is 0.475 e. The molecule has 1 heterocycles. The van der Waals surface area contributed by atoms with Crippen LogP contribution in [0.2, 0.25) is 0 Å². The molecule has 3 aliphatic rings. The summed E-state index contributed by atoms with van der Waals surface area (Å²) in [5.74, 6) is -3.97. The molecule has 2 amide bonds. The van der Waals surface area contributed by atoms with Crippen LogP contribution in [0, 0.1) is 17.8 Å². The molecule has 200 valence electrons. The maximum atomic E-state index is 13.2. The van der Waals surface area contributed by atoms with E-state index < -0.39 is 35.5 Å². The predicted molar refractivity (Wildman–Crippen MR) is 122 cm³/mol. The fourth-order valence-electron chi connectivity index (χ4n) is 5.04. The maximum absolute atomic E-state index is 13.2. The summed E-state index contributed by atoms with van der Waals surface area (Å²) < 4.78 is 31.7. The van der Waals surface area contributed by atoms with Crippen molar-refractivity contribution in [2.45, 2.75) is 50.3 Å². The van der Waals surface area contributed by atoms with E-state index in [0.717, 1.165) is 31.6 Å². The van der Waals surface area contributed by atoms with Crippen LogP contribution in [0.15, 0.2) is 30.3 Å². The fraction of sp³-hybridized carbons (Fsp3) is 0.625. The number of piperazine rings is 1. The highest BCUT2D eigenvalue weighted by Crippen LogP contribution is 2.46. The second-order valence-electron chi connectivity index (χ2n) is 9.75. The molecule has 1 saturated heterocycles. The summed E-state index contributed by atoms with van der Waals surface area (Å²) in [5, 5.41) is 27.3. The number of carboxylic acid groups (broad SMARTS) is 1. The van der Waals surface area contributed by atoms with Crippen molar-refractivity contribution < 1.29 is 43.0 Å². The van der Waals surface area contributed by atoms with Gasteiger partial charge in [-0.1, -0.05) is 31.0 Å². The van der Waals surface area contributed by atoms with Gasteiger partial charge in [0.25, 0.3) is 0 Å². The molecule has 36 heavy (non-hydrogen) atoms. The zero-order chi connectivity index (χ0) is 26.5. The molecule has 1 aliphatic heterocycles. The number of carbonyl (C=O) groups excluding carboxylic acids is 2. The van der Waals surface area contributed by atoms with Crippen molar-refractivity contribution in [1.29, 1.82) is 0 Å². The lowest BCUT2D eigenvalue weighted by Crippen LogP contribution is -2.54. The molecule has 0 unspecified atom stereocenters. The SMILES string of the molecule is O=C(NO)[C@H]1C[C@](O)(CC2CC2)CC[C@@H]1C(=O)N1CCN(c2ccccc2)CC1.O=C(O)C(F)(F)F. The summed E-state index contributed by atoms with van der Waals surface area (Å²) in [4.78, 5) is 38.6. The van der Waals surface area contributed by atoms with Gasteiger partial charge in [-0.05, 0) is 43.7 Å². The monoisotopic (exact) mass is 515 g/mol. The normalized spacial score (nSPS) is 26.5. The summed E-state index contributed by atoms with van der Waals surface area (Å²) in [6, 6.07) is 10.1. The van der Waals surface area contributed by atoms with Crippen molar-refractivity contribution in [3.8, 4) is 0 Å². The van der Waals surface area contributed by atoms with Crippen molar-refractivity contribution in [1.82, 2.24) is 10.4 Å². The third-order valence-corrected chi connectivity index (χ3v) is 7.09. The van der Waals surface area contributed by atoms with E-state index in [1.165, 1.54) is 0 Å². The molecule has 1 aromatic carbocycles. The van der Waals surface area contributed by atoms with Gasteiger partial charge in [0.1, 0.15) is 0 Å². The number of hydrogen-bond donors (Lipinski definition) is 4. The first-order chi connectivity index (χ1) is 16.9. The number of hydroxylamine groups is 1. The number of amides is 2. The third-order valence-electron chi connectivity index (χ3n) is 7.09. The number of nitrogens with zero attached hydrogens (tertiary/aromatic N) is 2. The van der Waals surface area contributed by atoms with E-state index in [-0.39, 0.29) is 12.3 Å². The maximum Gasteiger partial charge on any atom is 0.490 e. The van der Waals surface area contributed by atoms with E-state index in [2.05, 4.69) is 17.0 Å². The Hall–Kier alpha value is -2.86. The summed E-state index contributed by atoms with van der Waals surface area (Å²) in [5.41, 5.74) is 1.98. The number of halogens is 3. The second kappa shape index (κ2) is 11.5. The molecule has 12 heteroatoms. The van der Waals surface area contributed by atoms with Crippen molar-refractivity contribution in [3.63, 3.8) is 0 Å². The quantitative estimate of drug-likeness (QED) is 0.350. The molecule has 2 saturated carbocycles. The van der Waals surface area contributed by atoms with Crippen LogP contribution >= 0.6 is 0 Å². The number of anilines is 1. The van der Waals surface area contributed by atoms with Gasteiger partial charge >= 0.3 is 12.1 Å². The zero-order valence-electron chi connectivity index (χ0n) is 19.8. The first-order valence-electron chi connectivity index (χ1n) is 12.0. The average molecular weight is 516 g/mol. The van der Waals surface area contributed by atoms with E-state index in [9.17, 15) is 33.1 Å². The Morgan fingerprint density at radius 2 is 1.58 bits per heavy atom. The number of hydrogen-bond acceptors (Lipinski definition) is 6. The van der Waals surface area contributed by atoms with Crippen molar-refractivity contribution >= 4 is 23.5 Å². The minimum atomic E-state index is -5.08. The molecule has 3 atom stereocenters. The molecule has 4 rings (SSSR count). The number of benzene rings is 1. The van der Waals surface area contributed by atoms with E-state index in [4.69, 9.17) is 9.90 Å². The van der Waals surface area contributed by atoms with Crippen LogP contribution in [0.1, 0.15) is 38.5 Å². The minimum Gasteiger partial charge on any atom is -0.475 e. The van der Waals surface area contributed by atoms with Gasteiger partial charge in [0.15, 0.2) is 0 Å². The molecule has 1 aromatic rings. The number of para-hydroxylation sites is 1. The lowest BCUT2D eigenvalue weighted by Gasteiger charge is -2.43. The van der Waals surface area contributed by atoms with Crippen LogP contribution in [-0.2, 0) is 14.4 Å². The lowest BCUT2D eigenvalue weighted by molar-refractivity contribution is -0.192. The van der Waals surface area contributed by atoms with Gasteiger partial charge < -0.3 is 20.0 Å². The molecular formula is C24H32F3N3O6. The first-order valence-corrected chi connectivity index (χ1v) is 12.0. The molecular weight excluding hydrogens is 483 g/mol. The second-order valence-corrected chi connectivity index (χ2v) is 9.75. The average Bonchev–Trinajstić information content (AvgIpc) is 3.67. The Morgan fingerprint density at radius 1 is 1.00 bits per heavy atom. The Kier molecular flexibility index (Phi) is 8.83. The number of nitrogens with one attached hydrogen (secondary N) is 1. The summed E-state index contributed by atoms with van der Waals surface area (Å²) >= 11 is 0. The molecule has 3 fully saturated rings. The largest absolute Gasteiger partial charge is 0.490 e. The van der Waals surface area contributed by atoms with E-state index in [0.29, 0.717) is 38.3 Å². The van der Waals surface area contributed by atoms with E-state index in [1.54, 1.807) is 5.48 Å². The topological polar surface area (TPSA) is 130 Å². The van der Waals surface area contributed by atoms with Crippen LogP contribution in [-0.4, -0.2) is 76.1 Å². The number of aliphatic carboxylic acids is 1. The molecule has 9 nitrogen and oxygen atoms in total. The van der Waals surface area contributed by atoms with Crippen LogP contribution in [0.5, 0.6) is 0 Å². The number of rotatable bonds is 5. The fourth-order valence-corrected chi connectivity index (χ4v) is 5.04. The van der Waals surface area contributed by atoms with Crippen LogP contribution < -0.4 is 10.4 Å². The standard InChI is InChI=1S/C22H31N3O4.C2HF3O2/c26-20(23-29)19-15-22(28,14-16-6-7-16)9-8-18(19)21(27)25-12-10-24(11-13-25)17-4-2-1-3-5-17;3-2(4,5)1(6)7/h1-5,16,18-19,28-29H,6-15H2,(H,23,26);(H,6,7)/t18-,19-,22+;/m0./s1. The van der Waals surface area contributed by atoms with Gasteiger partial charge in [-0.3, -0.25) is 14.8 Å². The zero-order valence-corrected chi connectivity index (χ0v) is 19.8. The van der Waals surface area contributed by atoms with Gasteiger partial charge in [0, 0.05) is 31.9 Å². The summed E-state index contributed by atoms with van der Waals surface area (Å²) in [6.07, 6.45) is -0.853.